The molecule has 4 heteroatoms. The fourth-order valence-electron chi connectivity index (χ4n) is 3.30. The van der Waals surface area contributed by atoms with Crippen molar-refractivity contribution in [3.05, 3.63) is 47.0 Å². The van der Waals surface area contributed by atoms with E-state index in [1.807, 2.05) is 37.3 Å². The number of hydrogen-bond donors (Lipinski definition) is 0. The van der Waals surface area contributed by atoms with Gasteiger partial charge >= 0.3 is 5.97 Å². The monoisotopic (exact) mass is 330 g/mol. The lowest BCUT2D eigenvalue weighted by Gasteiger charge is -2.06. The molecule has 1 heterocycles. The summed E-state index contributed by atoms with van der Waals surface area (Å²) in [7, 11) is 0. The molecule has 23 heavy (non-hydrogen) atoms. The van der Waals surface area contributed by atoms with Crippen LogP contribution in [-0.2, 0) is 20.9 Å². The summed E-state index contributed by atoms with van der Waals surface area (Å²) >= 11 is 1.37. The van der Waals surface area contributed by atoms with E-state index in [-0.39, 0.29) is 28.3 Å². The molecular weight excluding hydrogens is 308 g/mol. The summed E-state index contributed by atoms with van der Waals surface area (Å²) in [5.41, 5.74) is 2.92. The van der Waals surface area contributed by atoms with Crippen LogP contribution in [0.1, 0.15) is 31.4 Å². The molecule has 2 atom stereocenters. The van der Waals surface area contributed by atoms with Gasteiger partial charge in [-0.1, -0.05) is 61.5 Å². The van der Waals surface area contributed by atoms with Crippen molar-refractivity contribution in [2.24, 2.45) is 17.3 Å². The van der Waals surface area contributed by atoms with Crippen LogP contribution < -0.4 is 0 Å². The Morgan fingerprint density at radius 3 is 2.87 bits per heavy atom. The van der Waals surface area contributed by atoms with Gasteiger partial charge in [0, 0.05) is 11.3 Å². The highest BCUT2D eigenvalue weighted by Crippen LogP contribution is 2.60. The lowest BCUT2D eigenvalue weighted by molar-refractivity contribution is -0.147. The zero-order chi connectivity index (χ0) is 16.6. The Kier molecular flexibility index (Phi) is 4.37. The number of carbonyl (C=O) groups excluding carboxylic acids is 2. The first-order chi connectivity index (χ1) is 10.9. The van der Waals surface area contributed by atoms with Crippen molar-refractivity contribution in [2.45, 2.75) is 33.8 Å². The van der Waals surface area contributed by atoms with E-state index >= 15 is 0 Å². The fraction of sp³-hybridized carbons (Fsp3) is 0.474. The van der Waals surface area contributed by atoms with Crippen molar-refractivity contribution in [1.82, 2.24) is 0 Å². The number of ether oxygens (including phenoxy) is 1. The van der Waals surface area contributed by atoms with Gasteiger partial charge in [-0.25, -0.2) is 0 Å². The first kappa shape index (κ1) is 16.3. The highest BCUT2D eigenvalue weighted by Gasteiger charge is 2.61. The Morgan fingerprint density at radius 2 is 2.22 bits per heavy atom. The van der Waals surface area contributed by atoms with Crippen molar-refractivity contribution < 1.29 is 14.3 Å². The second kappa shape index (κ2) is 6.16. The lowest BCUT2D eigenvalue weighted by Crippen LogP contribution is -2.10. The van der Waals surface area contributed by atoms with Gasteiger partial charge in [-0.3, -0.25) is 9.59 Å². The van der Waals surface area contributed by atoms with E-state index in [0.29, 0.717) is 6.61 Å². The van der Waals surface area contributed by atoms with Crippen LogP contribution in [-0.4, -0.2) is 16.8 Å². The molecule has 0 spiro atoms. The maximum absolute atomic E-state index is 12.4. The van der Waals surface area contributed by atoms with Crippen LogP contribution in [0.5, 0.6) is 0 Å². The van der Waals surface area contributed by atoms with Crippen molar-refractivity contribution in [1.29, 1.82) is 0 Å². The van der Waals surface area contributed by atoms with E-state index in [4.69, 9.17) is 4.74 Å². The average molecular weight is 330 g/mol. The summed E-state index contributed by atoms with van der Waals surface area (Å²) in [5.74, 6) is 0.681. The molecule has 1 aromatic rings. The number of hydrogen-bond acceptors (Lipinski definition) is 4. The zero-order valence-electron chi connectivity index (χ0n) is 13.8. The molecule has 1 aliphatic heterocycles. The quantitative estimate of drug-likeness (QED) is 0.620. The van der Waals surface area contributed by atoms with Gasteiger partial charge in [0.1, 0.15) is 6.61 Å². The first-order valence-electron chi connectivity index (χ1n) is 7.99. The second-order valence-electron chi connectivity index (χ2n) is 7.00. The Labute approximate surface area is 141 Å². The van der Waals surface area contributed by atoms with Gasteiger partial charge < -0.3 is 4.74 Å². The van der Waals surface area contributed by atoms with E-state index in [0.717, 1.165) is 28.9 Å². The Balaban J connectivity index is 1.62. The van der Waals surface area contributed by atoms with Crippen molar-refractivity contribution in [3.8, 4) is 0 Å². The third-order valence-electron chi connectivity index (χ3n) is 4.88. The number of aryl methyl sites for hydroxylation is 1. The minimum atomic E-state index is -0.156. The van der Waals surface area contributed by atoms with Gasteiger partial charge in [0.25, 0.3) is 0 Å². The number of esters is 1. The molecule has 1 saturated heterocycles. The van der Waals surface area contributed by atoms with Crippen molar-refractivity contribution >= 4 is 22.8 Å². The van der Waals surface area contributed by atoms with E-state index < -0.39 is 0 Å². The number of thioether (sulfide) groups is 1. The topological polar surface area (TPSA) is 43.4 Å². The SMILES string of the molecule is Cc1cccc(COC(=O)C2C(/C=C3\CCSC3=O)C2(C)C)c1. The largest absolute Gasteiger partial charge is 0.461 e. The molecule has 1 aliphatic carbocycles. The Bertz CT molecular complexity index is 675. The number of benzene rings is 1. The van der Waals surface area contributed by atoms with Gasteiger partial charge in [-0.2, -0.15) is 0 Å². The van der Waals surface area contributed by atoms with Crippen LogP contribution in [0.25, 0.3) is 0 Å². The maximum atomic E-state index is 12.4. The molecule has 1 saturated carbocycles. The fourth-order valence-corrected chi connectivity index (χ4v) is 4.16. The predicted molar refractivity (Wildman–Crippen MR) is 91.9 cm³/mol. The number of rotatable bonds is 4. The summed E-state index contributed by atoms with van der Waals surface area (Å²) in [6.45, 7) is 6.47. The standard InChI is InChI=1S/C19H22O3S/c1-12-5-4-6-13(9-12)11-22-17(20)16-15(19(16,2)3)10-14-7-8-23-18(14)21/h4-6,9-10,15-16H,7-8,11H2,1-3H3/b14-10+. The maximum Gasteiger partial charge on any atom is 0.310 e. The van der Waals surface area contributed by atoms with E-state index in [9.17, 15) is 9.59 Å². The second-order valence-corrected chi connectivity index (χ2v) is 8.07. The molecule has 2 unspecified atom stereocenters. The minimum absolute atomic E-state index is 0.116. The van der Waals surface area contributed by atoms with Crippen LogP contribution in [0, 0.1) is 24.2 Å². The molecule has 0 N–H and O–H groups in total. The van der Waals surface area contributed by atoms with Crippen LogP contribution in [0.4, 0.5) is 0 Å². The predicted octanol–water partition coefficient (Wildman–Crippen LogP) is 3.90. The Morgan fingerprint density at radius 1 is 1.43 bits per heavy atom. The average Bonchev–Trinajstić information content (AvgIpc) is 2.81. The molecule has 3 rings (SSSR count). The molecule has 2 fully saturated rings. The van der Waals surface area contributed by atoms with E-state index in [1.54, 1.807) is 0 Å². The highest BCUT2D eigenvalue weighted by molar-refractivity contribution is 8.14. The molecule has 0 radical (unpaired) electrons. The van der Waals surface area contributed by atoms with E-state index in [2.05, 4.69) is 13.8 Å². The normalized spacial score (nSPS) is 27.3. The molecule has 0 bridgehead atoms. The molecule has 1 aromatic carbocycles. The summed E-state index contributed by atoms with van der Waals surface area (Å²) in [4.78, 5) is 24.1. The third-order valence-corrected chi connectivity index (χ3v) is 5.81. The van der Waals surface area contributed by atoms with Gasteiger partial charge in [0.2, 0.25) is 5.12 Å². The zero-order valence-corrected chi connectivity index (χ0v) is 14.6. The molecule has 3 nitrogen and oxygen atoms in total. The van der Waals surface area contributed by atoms with Gasteiger partial charge in [0.15, 0.2) is 0 Å². The summed E-state index contributed by atoms with van der Waals surface area (Å²) < 4.78 is 5.51. The van der Waals surface area contributed by atoms with Crippen molar-refractivity contribution in [3.63, 3.8) is 0 Å². The third kappa shape index (κ3) is 3.37. The molecular formula is C19H22O3S. The van der Waals surface area contributed by atoms with Crippen LogP contribution in [0.15, 0.2) is 35.9 Å². The molecule has 122 valence electrons. The van der Waals surface area contributed by atoms with Gasteiger partial charge in [-0.05, 0) is 30.2 Å². The molecule has 0 amide bonds. The molecule has 2 aliphatic rings. The molecule has 0 aromatic heterocycles. The first-order valence-corrected chi connectivity index (χ1v) is 8.98. The van der Waals surface area contributed by atoms with Crippen LogP contribution >= 0.6 is 11.8 Å². The van der Waals surface area contributed by atoms with Crippen LogP contribution in [0.3, 0.4) is 0 Å². The lowest BCUT2D eigenvalue weighted by atomic mass is 10.1. The van der Waals surface area contributed by atoms with Crippen molar-refractivity contribution in [2.75, 3.05) is 5.75 Å². The summed E-state index contributed by atoms with van der Waals surface area (Å²) in [5, 5.41) is 0.166. The number of allylic oxidation sites excluding steroid dienone is 1. The van der Waals surface area contributed by atoms with Gasteiger partial charge in [-0.15, -0.1) is 0 Å². The van der Waals surface area contributed by atoms with E-state index in [1.165, 1.54) is 11.8 Å². The Hall–Kier alpha value is -1.55. The minimum Gasteiger partial charge on any atom is -0.461 e. The van der Waals surface area contributed by atoms with Gasteiger partial charge in [0.05, 0.1) is 5.92 Å². The number of carbonyl (C=O) groups is 2. The summed E-state index contributed by atoms with van der Waals surface area (Å²) in [6, 6.07) is 7.98. The smallest absolute Gasteiger partial charge is 0.310 e. The van der Waals surface area contributed by atoms with Crippen LogP contribution in [0.2, 0.25) is 0 Å². The summed E-state index contributed by atoms with van der Waals surface area (Å²) in [6.07, 6.45) is 2.84. The highest BCUT2D eigenvalue weighted by atomic mass is 32.2.